The van der Waals surface area contributed by atoms with E-state index in [2.05, 4.69) is 19.9 Å². The first-order valence-electron chi connectivity index (χ1n) is 6.00. The van der Waals surface area contributed by atoms with Gasteiger partial charge >= 0.3 is 5.97 Å². The van der Waals surface area contributed by atoms with Crippen LogP contribution in [0.15, 0.2) is 28.8 Å². The average Bonchev–Trinajstić information content (AvgIpc) is 2.80. The van der Waals surface area contributed by atoms with E-state index >= 15 is 0 Å². The van der Waals surface area contributed by atoms with Crippen molar-refractivity contribution in [1.29, 1.82) is 0 Å². The number of thiophene rings is 1. The molecule has 0 unspecified atom stereocenters. The van der Waals surface area contributed by atoms with E-state index < -0.39 is 5.97 Å². The number of carbonyl (C=O) groups is 1. The summed E-state index contributed by atoms with van der Waals surface area (Å²) in [7, 11) is 0. The lowest BCUT2D eigenvalue weighted by atomic mass is 10.2. The molecule has 0 radical (unpaired) electrons. The molecule has 0 spiro atoms. The van der Waals surface area contributed by atoms with E-state index in [-0.39, 0.29) is 0 Å². The van der Waals surface area contributed by atoms with Crippen molar-refractivity contribution in [2.75, 3.05) is 0 Å². The Bertz CT molecular complexity index is 847. The summed E-state index contributed by atoms with van der Waals surface area (Å²) in [5.41, 5.74) is 1.49. The highest BCUT2D eigenvalue weighted by Crippen LogP contribution is 2.37. The van der Waals surface area contributed by atoms with E-state index in [9.17, 15) is 9.90 Å². The smallest absolute Gasteiger partial charge is 0.346 e. The second-order valence-electron chi connectivity index (χ2n) is 4.27. The molecule has 0 saturated carbocycles. The molecule has 0 amide bonds. The fraction of sp³-hybridized carbons (Fsp3) is 0.154. The standard InChI is InChI=1S/C13H10N4O2S2/c1-6-8-11(20-9(6)13(18)19)16-5-17-12(8)21-10-7(2)14-3-4-15-10/h3-5H,1-2H3,(H,18,19). The minimum Gasteiger partial charge on any atom is -0.477 e. The highest BCUT2D eigenvalue weighted by Gasteiger charge is 2.19. The second-order valence-corrected chi connectivity index (χ2v) is 6.25. The summed E-state index contributed by atoms with van der Waals surface area (Å²) >= 11 is 2.53. The third kappa shape index (κ3) is 2.47. The molecule has 21 heavy (non-hydrogen) atoms. The largest absolute Gasteiger partial charge is 0.477 e. The maximum Gasteiger partial charge on any atom is 0.346 e. The Balaban J connectivity index is 2.15. The second kappa shape index (κ2) is 5.38. The van der Waals surface area contributed by atoms with Crippen molar-refractivity contribution in [3.8, 4) is 0 Å². The molecular weight excluding hydrogens is 308 g/mol. The van der Waals surface area contributed by atoms with Crippen molar-refractivity contribution in [1.82, 2.24) is 19.9 Å². The SMILES string of the molecule is Cc1nccnc1Sc1ncnc2sc(C(=O)O)c(C)c12. The third-order valence-corrected chi connectivity index (χ3v) is 5.20. The molecule has 0 aliphatic heterocycles. The van der Waals surface area contributed by atoms with Crippen LogP contribution in [0.1, 0.15) is 20.9 Å². The van der Waals surface area contributed by atoms with Crippen molar-refractivity contribution < 1.29 is 9.90 Å². The minimum absolute atomic E-state index is 0.295. The molecule has 0 saturated heterocycles. The molecule has 8 heteroatoms. The molecule has 0 atom stereocenters. The molecule has 0 aliphatic rings. The molecule has 106 valence electrons. The number of aromatic carboxylic acids is 1. The first-order chi connectivity index (χ1) is 10.1. The summed E-state index contributed by atoms with van der Waals surface area (Å²) in [6, 6.07) is 0. The normalized spacial score (nSPS) is 11.0. The molecule has 6 nitrogen and oxygen atoms in total. The van der Waals surface area contributed by atoms with Gasteiger partial charge in [0.15, 0.2) is 0 Å². The average molecular weight is 318 g/mol. The lowest BCUT2D eigenvalue weighted by Crippen LogP contribution is -1.94. The highest BCUT2D eigenvalue weighted by atomic mass is 32.2. The van der Waals surface area contributed by atoms with Crippen LogP contribution in [0.3, 0.4) is 0 Å². The zero-order chi connectivity index (χ0) is 15.0. The quantitative estimate of drug-likeness (QED) is 0.743. The van der Waals surface area contributed by atoms with Crippen LogP contribution in [0.5, 0.6) is 0 Å². The molecule has 0 fully saturated rings. The van der Waals surface area contributed by atoms with Gasteiger partial charge in [-0.3, -0.25) is 4.98 Å². The molecule has 0 aliphatic carbocycles. The third-order valence-electron chi connectivity index (χ3n) is 2.92. The molecule has 1 N–H and O–H groups in total. The van der Waals surface area contributed by atoms with E-state index in [1.165, 1.54) is 18.1 Å². The Morgan fingerprint density at radius 1 is 1.14 bits per heavy atom. The van der Waals surface area contributed by atoms with Crippen LogP contribution in [-0.4, -0.2) is 31.0 Å². The molecule has 3 aromatic heterocycles. The zero-order valence-corrected chi connectivity index (χ0v) is 12.8. The zero-order valence-electron chi connectivity index (χ0n) is 11.2. The van der Waals surface area contributed by atoms with E-state index in [1.807, 2.05) is 6.92 Å². The first kappa shape index (κ1) is 13.9. The van der Waals surface area contributed by atoms with Crippen molar-refractivity contribution in [3.63, 3.8) is 0 Å². The molecule has 3 aromatic rings. The van der Waals surface area contributed by atoms with Crippen LogP contribution in [0.25, 0.3) is 10.2 Å². The molecule has 0 aromatic carbocycles. The van der Waals surface area contributed by atoms with Gasteiger partial charge in [0.05, 0.1) is 5.69 Å². The summed E-state index contributed by atoms with van der Waals surface area (Å²) in [5.74, 6) is -0.942. The van der Waals surface area contributed by atoms with Crippen molar-refractivity contribution in [2.24, 2.45) is 0 Å². The molecule has 3 rings (SSSR count). The topological polar surface area (TPSA) is 88.9 Å². The van der Waals surface area contributed by atoms with Gasteiger partial charge in [-0.2, -0.15) is 0 Å². The minimum atomic E-state index is -0.942. The fourth-order valence-corrected chi connectivity index (χ4v) is 3.91. The maximum absolute atomic E-state index is 11.2. The van der Waals surface area contributed by atoms with Crippen LogP contribution in [-0.2, 0) is 0 Å². The van der Waals surface area contributed by atoms with Gasteiger partial charge in [0.25, 0.3) is 0 Å². The number of nitrogens with zero attached hydrogens (tertiary/aromatic N) is 4. The van der Waals surface area contributed by atoms with Crippen molar-refractivity contribution in [3.05, 3.63) is 34.9 Å². The number of hydrogen-bond acceptors (Lipinski definition) is 7. The van der Waals surface area contributed by atoms with E-state index in [0.717, 1.165) is 27.4 Å². The summed E-state index contributed by atoms with van der Waals surface area (Å²) in [6.45, 7) is 3.65. The van der Waals surface area contributed by atoms with Crippen LogP contribution in [0.2, 0.25) is 0 Å². The van der Waals surface area contributed by atoms with Gasteiger partial charge in [-0.05, 0) is 31.2 Å². The van der Waals surface area contributed by atoms with Gasteiger partial charge in [0.2, 0.25) is 0 Å². The van der Waals surface area contributed by atoms with Crippen LogP contribution in [0.4, 0.5) is 0 Å². The van der Waals surface area contributed by atoms with Gasteiger partial charge < -0.3 is 5.11 Å². The summed E-state index contributed by atoms with van der Waals surface area (Å²) in [6.07, 6.45) is 4.70. The summed E-state index contributed by atoms with van der Waals surface area (Å²) in [5, 5.41) is 11.4. The summed E-state index contributed by atoms with van der Waals surface area (Å²) < 4.78 is 0. The van der Waals surface area contributed by atoms with E-state index in [1.54, 1.807) is 19.3 Å². The Labute approximate surface area is 128 Å². The number of rotatable bonds is 3. The van der Waals surface area contributed by atoms with Gasteiger partial charge in [0.1, 0.15) is 26.1 Å². The van der Waals surface area contributed by atoms with E-state index in [4.69, 9.17) is 0 Å². The Hall–Kier alpha value is -2.06. The molecule has 0 bridgehead atoms. The number of carboxylic acid groups (broad SMARTS) is 1. The molecular formula is C13H10N4O2S2. The first-order valence-corrected chi connectivity index (χ1v) is 7.64. The highest BCUT2D eigenvalue weighted by molar-refractivity contribution is 7.99. The molecule has 3 heterocycles. The monoisotopic (exact) mass is 318 g/mol. The van der Waals surface area contributed by atoms with Crippen molar-refractivity contribution in [2.45, 2.75) is 23.9 Å². The van der Waals surface area contributed by atoms with Gasteiger partial charge in [-0.25, -0.2) is 19.7 Å². The van der Waals surface area contributed by atoms with Crippen LogP contribution < -0.4 is 0 Å². The van der Waals surface area contributed by atoms with Crippen molar-refractivity contribution >= 4 is 39.3 Å². The number of aromatic nitrogens is 4. The Morgan fingerprint density at radius 2 is 1.90 bits per heavy atom. The lowest BCUT2D eigenvalue weighted by Gasteiger charge is -2.04. The van der Waals surface area contributed by atoms with Gasteiger partial charge in [0, 0.05) is 17.8 Å². The van der Waals surface area contributed by atoms with E-state index in [0.29, 0.717) is 20.3 Å². The lowest BCUT2D eigenvalue weighted by molar-refractivity contribution is 0.0701. The summed E-state index contributed by atoms with van der Waals surface area (Å²) in [4.78, 5) is 29.1. The van der Waals surface area contributed by atoms with Gasteiger partial charge in [-0.1, -0.05) is 0 Å². The van der Waals surface area contributed by atoms with Crippen LogP contribution in [0, 0.1) is 13.8 Å². The predicted octanol–water partition coefficient (Wildman–Crippen LogP) is 2.95. The van der Waals surface area contributed by atoms with Gasteiger partial charge in [-0.15, -0.1) is 11.3 Å². The maximum atomic E-state index is 11.2. The number of hydrogen-bond donors (Lipinski definition) is 1. The number of aryl methyl sites for hydroxylation is 2. The Kier molecular flexibility index (Phi) is 3.56. The number of carboxylic acids is 1. The number of fused-ring (bicyclic) bond motifs is 1. The predicted molar refractivity (Wildman–Crippen MR) is 80.0 cm³/mol. The fourth-order valence-electron chi connectivity index (χ4n) is 1.91. The van der Waals surface area contributed by atoms with Crippen LogP contribution >= 0.6 is 23.1 Å². The Morgan fingerprint density at radius 3 is 2.62 bits per heavy atom.